The molecule has 0 amide bonds. The van der Waals surface area contributed by atoms with Crippen molar-refractivity contribution in [3.63, 3.8) is 0 Å². The highest BCUT2D eigenvalue weighted by Gasteiger charge is 2.32. The fraction of sp³-hybridized carbons (Fsp3) is 1.00. The summed E-state index contributed by atoms with van der Waals surface area (Å²) in [5.41, 5.74) is 0. The summed E-state index contributed by atoms with van der Waals surface area (Å²) in [6.45, 7) is -2.38. The summed E-state index contributed by atoms with van der Waals surface area (Å²) < 4.78 is 48.9. The molecule has 7 heteroatoms. The summed E-state index contributed by atoms with van der Waals surface area (Å²) in [5, 5.41) is 8.20. The normalized spacial score (nSPS) is 18.5. The van der Waals surface area contributed by atoms with Crippen LogP contribution in [-0.4, -0.2) is 38.4 Å². The average Bonchev–Trinajstić information content (AvgIpc) is 2.85. The molecule has 0 saturated heterocycles. The van der Waals surface area contributed by atoms with Gasteiger partial charge in [-0.3, -0.25) is 0 Å². The summed E-state index contributed by atoms with van der Waals surface area (Å²) in [6.07, 6.45) is 1.69. The number of rotatable bonds is 6. The summed E-state index contributed by atoms with van der Waals surface area (Å²) in [4.78, 5) is 0. The van der Waals surface area contributed by atoms with Crippen molar-refractivity contribution in [1.29, 1.82) is 0 Å². The van der Waals surface area contributed by atoms with Crippen LogP contribution in [0.5, 0.6) is 0 Å². The molecule has 0 bridgehead atoms. The van der Waals surface area contributed by atoms with Gasteiger partial charge in [0, 0.05) is 0 Å². The van der Waals surface area contributed by atoms with E-state index in [1.165, 1.54) is 0 Å². The minimum atomic E-state index is -3.60. The molecule has 0 aromatic rings. The van der Waals surface area contributed by atoms with Crippen molar-refractivity contribution in [3.05, 3.63) is 0 Å². The van der Waals surface area contributed by atoms with Gasteiger partial charge in [0.25, 0.3) is 5.92 Å². The Bertz CT molecular complexity index is 287. The molecule has 0 atom stereocenters. The molecule has 0 aromatic carbocycles. The monoisotopic (exact) mass is 229 g/mol. The molecule has 1 saturated carbocycles. The zero-order chi connectivity index (χ0) is 10.8. The summed E-state index contributed by atoms with van der Waals surface area (Å²) in [6, 6.07) is 0. The number of hydrogen-bond donors (Lipinski definition) is 2. The standard InChI is InChI=1S/C7H13F2NO3S/c8-7(9,5-11)4-10-14(12,13)3-6-1-2-6/h6,10-11H,1-5H2. The van der Waals surface area contributed by atoms with E-state index in [1.54, 1.807) is 4.72 Å². The minimum absolute atomic E-state index is 0.0888. The number of alkyl halides is 2. The molecule has 0 heterocycles. The van der Waals surface area contributed by atoms with Crippen molar-refractivity contribution in [3.8, 4) is 0 Å². The van der Waals surface area contributed by atoms with E-state index in [-0.39, 0.29) is 11.7 Å². The van der Waals surface area contributed by atoms with Crippen LogP contribution in [0.1, 0.15) is 12.8 Å². The summed E-state index contributed by atoms with van der Waals surface area (Å²) in [7, 11) is -3.60. The third kappa shape index (κ3) is 4.30. The molecule has 14 heavy (non-hydrogen) atoms. The maximum atomic E-state index is 12.5. The van der Waals surface area contributed by atoms with Crippen LogP contribution in [0.4, 0.5) is 8.78 Å². The van der Waals surface area contributed by atoms with Crippen LogP contribution in [0.2, 0.25) is 0 Å². The molecule has 0 spiro atoms. The molecule has 84 valence electrons. The first-order valence-electron chi connectivity index (χ1n) is 4.31. The fourth-order valence-electron chi connectivity index (χ4n) is 0.925. The lowest BCUT2D eigenvalue weighted by molar-refractivity contribution is -0.0437. The van der Waals surface area contributed by atoms with Gasteiger partial charge >= 0.3 is 0 Å². The Morgan fingerprint density at radius 2 is 2.00 bits per heavy atom. The first kappa shape index (κ1) is 11.8. The van der Waals surface area contributed by atoms with E-state index >= 15 is 0 Å². The predicted molar refractivity (Wildman–Crippen MR) is 46.5 cm³/mol. The third-order valence-corrected chi connectivity index (χ3v) is 3.43. The van der Waals surface area contributed by atoms with Crippen LogP contribution in [-0.2, 0) is 10.0 Å². The zero-order valence-electron chi connectivity index (χ0n) is 7.54. The maximum Gasteiger partial charge on any atom is 0.283 e. The zero-order valence-corrected chi connectivity index (χ0v) is 8.36. The molecular weight excluding hydrogens is 216 g/mol. The van der Waals surface area contributed by atoms with Crippen LogP contribution < -0.4 is 4.72 Å². The number of aliphatic hydroxyl groups is 1. The smallest absolute Gasteiger partial charge is 0.283 e. The van der Waals surface area contributed by atoms with Gasteiger partial charge in [-0.05, 0) is 18.8 Å². The van der Waals surface area contributed by atoms with Gasteiger partial charge in [-0.2, -0.15) is 0 Å². The SMILES string of the molecule is O=S(=O)(CC1CC1)NCC(F)(F)CO. The minimum Gasteiger partial charge on any atom is -0.390 e. The quantitative estimate of drug-likeness (QED) is 0.670. The molecule has 0 radical (unpaired) electrons. The molecule has 2 N–H and O–H groups in total. The lowest BCUT2D eigenvalue weighted by atomic mass is 10.4. The molecular formula is C7H13F2NO3S. The Morgan fingerprint density at radius 1 is 1.43 bits per heavy atom. The van der Waals surface area contributed by atoms with E-state index in [1.807, 2.05) is 0 Å². The second-order valence-corrected chi connectivity index (χ2v) is 5.41. The first-order chi connectivity index (χ1) is 6.35. The number of hydrogen-bond acceptors (Lipinski definition) is 3. The van der Waals surface area contributed by atoms with Gasteiger partial charge < -0.3 is 5.11 Å². The van der Waals surface area contributed by atoms with E-state index in [9.17, 15) is 17.2 Å². The predicted octanol–water partition coefficient (Wildman–Crippen LogP) is -0.0566. The highest BCUT2D eigenvalue weighted by Crippen LogP contribution is 2.30. The lowest BCUT2D eigenvalue weighted by Crippen LogP contribution is -2.40. The van der Waals surface area contributed by atoms with E-state index < -0.39 is 29.1 Å². The molecule has 0 unspecified atom stereocenters. The van der Waals surface area contributed by atoms with Gasteiger partial charge in [-0.25, -0.2) is 21.9 Å². The van der Waals surface area contributed by atoms with Crippen molar-refractivity contribution >= 4 is 10.0 Å². The van der Waals surface area contributed by atoms with Crippen molar-refractivity contribution < 1.29 is 22.3 Å². The van der Waals surface area contributed by atoms with E-state index in [2.05, 4.69) is 0 Å². The first-order valence-corrected chi connectivity index (χ1v) is 5.96. The van der Waals surface area contributed by atoms with Crippen LogP contribution >= 0.6 is 0 Å². The van der Waals surface area contributed by atoms with Gasteiger partial charge in [0.2, 0.25) is 10.0 Å². The van der Waals surface area contributed by atoms with Gasteiger partial charge in [0.15, 0.2) is 0 Å². The number of halogens is 2. The Balaban J connectivity index is 2.35. The second kappa shape index (κ2) is 4.08. The van der Waals surface area contributed by atoms with Gasteiger partial charge in [0.1, 0.15) is 6.61 Å². The Hall–Kier alpha value is -0.270. The van der Waals surface area contributed by atoms with Crippen LogP contribution in [0.25, 0.3) is 0 Å². The van der Waals surface area contributed by atoms with Gasteiger partial charge in [0.05, 0.1) is 12.3 Å². The topological polar surface area (TPSA) is 66.4 Å². The summed E-state index contributed by atoms with van der Waals surface area (Å²) in [5.74, 6) is -3.35. The lowest BCUT2D eigenvalue weighted by Gasteiger charge is -2.13. The van der Waals surface area contributed by atoms with Crippen molar-refractivity contribution in [2.75, 3.05) is 18.9 Å². The van der Waals surface area contributed by atoms with E-state index in [0.29, 0.717) is 0 Å². The third-order valence-electron chi connectivity index (χ3n) is 1.93. The highest BCUT2D eigenvalue weighted by atomic mass is 32.2. The molecule has 0 aliphatic heterocycles. The number of aliphatic hydroxyl groups excluding tert-OH is 1. The second-order valence-electron chi connectivity index (χ2n) is 3.56. The van der Waals surface area contributed by atoms with Crippen LogP contribution in [0.3, 0.4) is 0 Å². The van der Waals surface area contributed by atoms with Gasteiger partial charge in [-0.1, -0.05) is 0 Å². The van der Waals surface area contributed by atoms with Crippen LogP contribution in [0, 0.1) is 5.92 Å². The van der Waals surface area contributed by atoms with Crippen molar-refractivity contribution in [2.45, 2.75) is 18.8 Å². The molecule has 1 aliphatic carbocycles. The molecule has 4 nitrogen and oxygen atoms in total. The molecule has 1 aliphatic rings. The number of nitrogens with one attached hydrogen (secondary N) is 1. The molecule has 1 rings (SSSR count). The fourth-order valence-corrected chi connectivity index (χ4v) is 2.43. The molecule has 0 aromatic heterocycles. The Morgan fingerprint density at radius 3 is 2.43 bits per heavy atom. The van der Waals surface area contributed by atoms with E-state index in [4.69, 9.17) is 5.11 Å². The van der Waals surface area contributed by atoms with Gasteiger partial charge in [-0.15, -0.1) is 0 Å². The molecule has 1 fully saturated rings. The number of sulfonamides is 1. The van der Waals surface area contributed by atoms with Crippen LogP contribution in [0.15, 0.2) is 0 Å². The highest BCUT2D eigenvalue weighted by molar-refractivity contribution is 7.89. The average molecular weight is 229 g/mol. The van der Waals surface area contributed by atoms with Crippen molar-refractivity contribution in [2.24, 2.45) is 5.92 Å². The van der Waals surface area contributed by atoms with E-state index in [0.717, 1.165) is 12.8 Å². The summed E-state index contributed by atoms with van der Waals surface area (Å²) >= 11 is 0. The maximum absolute atomic E-state index is 12.5. The van der Waals surface area contributed by atoms with Crippen molar-refractivity contribution in [1.82, 2.24) is 4.72 Å². The Kier molecular flexibility index (Phi) is 3.44. The Labute approximate surface area is 81.4 Å². The largest absolute Gasteiger partial charge is 0.390 e.